The van der Waals surface area contributed by atoms with E-state index in [4.69, 9.17) is 0 Å². The molecule has 2 rings (SSSR count). The molecule has 0 amide bonds. The van der Waals surface area contributed by atoms with Gasteiger partial charge in [-0.3, -0.25) is 4.79 Å². The molecular formula is C15H18F3NO2. The average Bonchev–Trinajstić information content (AvgIpc) is 2.74. The molecule has 6 heteroatoms. The minimum absolute atomic E-state index is 0.0230. The van der Waals surface area contributed by atoms with Crippen LogP contribution < -0.4 is 4.90 Å². The lowest BCUT2D eigenvalue weighted by Crippen LogP contribution is -2.44. The highest BCUT2D eigenvalue weighted by molar-refractivity contribution is 5.73. The Labute approximate surface area is 121 Å². The molecule has 0 fully saturated rings. The van der Waals surface area contributed by atoms with E-state index in [1.165, 1.54) is 6.07 Å². The van der Waals surface area contributed by atoms with E-state index >= 15 is 0 Å². The summed E-state index contributed by atoms with van der Waals surface area (Å²) in [6.45, 7) is 5.42. The largest absolute Gasteiger partial charge is 0.481 e. The zero-order valence-corrected chi connectivity index (χ0v) is 12.1. The summed E-state index contributed by atoms with van der Waals surface area (Å²) in [4.78, 5) is 13.1. The predicted molar refractivity (Wildman–Crippen MR) is 73.4 cm³/mol. The predicted octanol–water partition coefficient (Wildman–Crippen LogP) is 3.57. The van der Waals surface area contributed by atoms with Gasteiger partial charge in [-0.2, -0.15) is 13.2 Å². The third-order valence-corrected chi connectivity index (χ3v) is 3.99. The zero-order chi connectivity index (χ0) is 15.9. The summed E-state index contributed by atoms with van der Waals surface area (Å²) in [5.41, 5.74) is 0.585. The van der Waals surface area contributed by atoms with Gasteiger partial charge in [0.25, 0.3) is 0 Å². The van der Waals surface area contributed by atoms with Crippen LogP contribution >= 0.6 is 0 Å². The van der Waals surface area contributed by atoms with Crippen LogP contribution in [0.1, 0.15) is 31.9 Å². The highest BCUT2D eigenvalue weighted by Crippen LogP contribution is 2.40. The molecule has 0 saturated carbocycles. The molecular weight excluding hydrogens is 283 g/mol. The number of rotatable bonds is 3. The number of hydrogen-bond donors (Lipinski definition) is 1. The summed E-state index contributed by atoms with van der Waals surface area (Å²) in [5, 5.41) is 9.20. The maximum Gasteiger partial charge on any atom is 0.416 e. The van der Waals surface area contributed by atoms with Gasteiger partial charge in [0.1, 0.15) is 0 Å². The van der Waals surface area contributed by atoms with E-state index < -0.39 is 23.6 Å². The molecule has 1 aromatic carbocycles. The lowest BCUT2D eigenvalue weighted by molar-refractivity contribution is -0.142. The number of carboxylic acid groups (broad SMARTS) is 1. The van der Waals surface area contributed by atoms with Gasteiger partial charge in [-0.15, -0.1) is 0 Å². The van der Waals surface area contributed by atoms with Crippen LogP contribution in [0.3, 0.4) is 0 Å². The fourth-order valence-corrected chi connectivity index (χ4v) is 2.92. The second-order valence-corrected chi connectivity index (χ2v) is 5.74. The Kier molecular flexibility index (Phi) is 3.91. The number of hydrogen-bond acceptors (Lipinski definition) is 2. The van der Waals surface area contributed by atoms with Gasteiger partial charge in [0, 0.05) is 17.8 Å². The fourth-order valence-electron chi connectivity index (χ4n) is 2.92. The second kappa shape index (κ2) is 5.24. The van der Waals surface area contributed by atoms with Gasteiger partial charge in [-0.1, -0.05) is 0 Å². The minimum Gasteiger partial charge on any atom is -0.481 e. The Balaban J connectivity index is 2.43. The number of anilines is 1. The van der Waals surface area contributed by atoms with E-state index in [1.54, 1.807) is 6.92 Å². The summed E-state index contributed by atoms with van der Waals surface area (Å²) in [5.74, 6) is -1.58. The van der Waals surface area contributed by atoms with E-state index in [2.05, 4.69) is 0 Å². The number of fused-ring (bicyclic) bond motifs is 1. The van der Waals surface area contributed by atoms with Gasteiger partial charge < -0.3 is 10.0 Å². The van der Waals surface area contributed by atoms with Crippen LogP contribution in [0, 0.1) is 5.92 Å². The van der Waals surface area contributed by atoms with Crippen LogP contribution in [-0.4, -0.2) is 23.2 Å². The molecule has 1 aromatic rings. The summed E-state index contributed by atoms with van der Waals surface area (Å²) in [6, 6.07) is 3.35. The Bertz CT molecular complexity index is 554. The standard InChI is InChI=1S/C15H18F3NO2/c1-8(2)19-12-5-4-11(15(16,17)18)6-10(12)7-13(19)9(3)14(20)21/h4-6,8-9,13H,7H2,1-3H3,(H,20,21). The van der Waals surface area contributed by atoms with Crippen molar-refractivity contribution in [3.8, 4) is 0 Å². The number of halogens is 3. The van der Waals surface area contributed by atoms with Crippen LogP contribution in [0.25, 0.3) is 0 Å². The van der Waals surface area contributed by atoms with Crippen LogP contribution in [0.5, 0.6) is 0 Å². The van der Waals surface area contributed by atoms with Gasteiger partial charge in [-0.25, -0.2) is 0 Å². The van der Waals surface area contributed by atoms with Gasteiger partial charge in [0.2, 0.25) is 0 Å². The molecule has 3 nitrogen and oxygen atoms in total. The Morgan fingerprint density at radius 2 is 1.95 bits per heavy atom. The Morgan fingerprint density at radius 1 is 1.33 bits per heavy atom. The molecule has 0 saturated heterocycles. The van der Waals surface area contributed by atoms with Gasteiger partial charge in [0.15, 0.2) is 0 Å². The molecule has 0 aromatic heterocycles. The minimum atomic E-state index is -4.38. The molecule has 1 aliphatic heterocycles. The fraction of sp³-hybridized carbons (Fsp3) is 0.533. The van der Waals surface area contributed by atoms with Crippen molar-refractivity contribution in [3.05, 3.63) is 29.3 Å². The van der Waals surface area contributed by atoms with Crippen LogP contribution in [-0.2, 0) is 17.4 Å². The van der Waals surface area contributed by atoms with Gasteiger partial charge in [-0.05, 0) is 51.0 Å². The number of alkyl halides is 3. The first-order valence-electron chi connectivity index (χ1n) is 6.84. The molecule has 0 aliphatic carbocycles. The lowest BCUT2D eigenvalue weighted by atomic mass is 9.97. The summed E-state index contributed by atoms with van der Waals surface area (Å²) in [7, 11) is 0. The molecule has 1 aliphatic rings. The first kappa shape index (κ1) is 15.7. The molecule has 1 heterocycles. The van der Waals surface area contributed by atoms with E-state index in [0.29, 0.717) is 17.7 Å². The van der Waals surface area contributed by atoms with Gasteiger partial charge in [0.05, 0.1) is 11.5 Å². The van der Waals surface area contributed by atoms with E-state index in [9.17, 15) is 23.1 Å². The van der Waals surface area contributed by atoms with Crippen molar-refractivity contribution in [1.82, 2.24) is 0 Å². The third kappa shape index (κ3) is 2.84. The number of nitrogens with zero attached hydrogens (tertiary/aromatic N) is 1. The molecule has 1 N–H and O–H groups in total. The van der Waals surface area contributed by atoms with Crippen molar-refractivity contribution in [1.29, 1.82) is 0 Å². The lowest BCUT2D eigenvalue weighted by Gasteiger charge is -2.33. The van der Waals surface area contributed by atoms with Crippen molar-refractivity contribution in [3.63, 3.8) is 0 Å². The van der Waals surface area contributed by atoms with Crippen LogP contribution in [0.15, 0.2) is 18.2 Å². The van der Waals surface area contributed by atoms with Crippen molar-refractivity contribution in [2.75, 3.05) is 4.90 Å². The number of carbonyl (C=O) groups is 1. The molecule has 0 radical (unpaired) electrons. The normalized spacial score (nSPS) is 19.8. The molecule has 0 spiro atoms. The molecule has 0 bridgehead atoms. The van der Waals surface area contributed by atoms with Crippen molar-refractivity contribution >= 4 is 11.7 Å². The van der Waals surface area contributed by atoms with Crippen LogP contribution in [0.4, 0.5) is 18.9 Å². The maximum absolute atomic E-state index is 12.8. The summed E-state index contributed by atoms with van der Waals surface area (Å²) < 4.78 is 38.4. The number of carboxylic acids is 1. The van der Waals surface area contributed by atoms with Crippen molar-refractivity contribution < 1.29 is 23.1 Å². The molecule has 116 valence electrons. The monoisotopic (exact) mass is 301 g/mol. The zero-order valence-electron chi connectivity index (χ0n) is 12.1. The number of aliphatic carboxylic acids is 1. The van der Waals surface area contributed by atoms with E-state index in [0.717, 1.165) is 12.1 Å². The van der Waals surface area contributed by atoms with Crippen molar-refractivity contribution in [2.45, 2.75) is 45.5 Å². The molecule has 2 unspecified atom stereocenters. The highest BCUT2D eigenvalue weighted by Gasteiger charge is 2.39. The van der Waals surface area contributed by atoms with E-state index in [1.807, 2.05) is 18.7 Å². The average molecular weight is 301 g/mol. The second-order valence-electron chi connectivity index (χ2n) is 5.74. The quantitative estimate of drug-likeness (QED) is 0.928. The Hall–Kier alpha value is -1.72. The first-order valence-corrected chi connectivity index (χ1v) is 6.84. The Morgan fingerprint density at radius 3 is 2.43 bits per heavy atom. The molecule has 2 atom stereocenters. The third-order valence-electron chi connectivity index (χ3n) is 3.99. The summed E-state index contributed by atoms with van der Waals surface area (Å²) >= 11 is 0. The van der Waals surface area contributed by atoms with Crippen molar-refractivity contribution in [2.24, 2.45) is 5.92 Å². The maximum atomic E-state index is 12.8. The SMILES string of the molecule is CC(C(=O)O)C1Cc2cc(C(F)(F)F)ccc2N1C(C)C. The van der Waals surface area contributed by atoms with E-state index in [-0.39, 0.29) is 12.1 Å². The summed E-state index contributed by atoms with van der Waals surface area (Å²) in [6.07, 6.45) is -4.06. The highest BCUT2D eigenvalue weighted by atomic mass is 19.4. The topological polar surface area (TPSA) is 40.5 Å². The smallest absolute Gasteiger partial charge is 0.416 e. The van der Waals surface area contributed by atoms with Gasteiger partial charge >= 0.3 is 12.1 Å². The number of benzene rings is 1. The first-order chi connectivity index (χ1) is 9.62. The molecule has 21 heavy (non-hydrogen) atoms. The van der Waals surface area contributed by atoms with Crippen LogP contribution in [0.2, 0.25) is 0 Å².